The molecule has 2 aliphatic rings. The van der Waals surface area contributed by atoms with Gasteiger partial charge in [0.25, 0.3) is 0 Å². The van der Waals surface area contributed by atoms with E-state index in [1.807, 2.05) is 6.21 Å². The highest BCUT2D eigenvalue weighted by Crippen LogP contribution is 2.39. The summed E-state index contributed by atoms with van der Waals surface area (Å²) in [7, 11) is 0. The fourth-order valence-electron chi connectivity index (χ4n) is 3.86. The summed E-state index contributed by atoms with van der Waals surface area (Å²) in [5.74, 6) is 2.14. The Morgan fingerprint density at radius 3 is 1.78 bits per heavy atom. The molecule has 18 heavy (non-hydrogen) atoms. The van der Waals surface area contributed by atoms with Crippen LogP contribution in [0.2, 0.25) is 0 Å². The van der Waals surface area contributed by atoms with Crippen LogP contribution in [0.3, 0.4) is 0 Å². The van der Waals surface area contributed by atoms with E-state index >= 15 is 0 Å². The number of rotatable bonds is 3. The maximum absolute atomic E-state index is 11.1. The molecule has 0 unspecified atom stereocenters. The van der Waals surface area contributed by atoms with Gasteiger partial charge in [-0.1, -0.05) is 38.5 Å². The summed E-state index contributed by atoms with van der Waals surface area (Å²) in [5, 5.41) is 0. The molecule has 0 spiro atoms. The van der Waals surface area contributed by atoms with Crippen LogP contribution in [-0.4, -0.2) is 12.1 Å². The third-order valence-electron chi connectivity index (χ3n) is 4.82. The van der Waals surface area contributed by atoms with Gasteiger partial charge in [0.1, 0.15) is 0 Å². The molecule has 0 N–H and O–H groups in total. The fraction of sp³-hybridized carbons (Fsp3) is 0.875. The molecule has 0 radical (unpaired) electrons. The minimum Gasteiger partial charge on any atom is -0.273 e. The first kappa shape index (κ1) is 13.8. The lowest BCUT2D eigenvalue weighted by molar-refractivity contribution is -0.115. The first-order valence-corrected chi connectivity index (χ1v) is 7.82. The van der Waals surface area contributed by atoms with E-state index in [2.05, 4.69) is 4.99 Å². The summed E-state index contributed by atoms with van der Waals surface area (Å²) < 4.78 is 0. The molecule has 0 bridgehead atoms. The molecule has 2 rings (SSSR count). The van der Waals surface area contributed by atoms with Gasteiger partial charge < -0.3 is 0 Å². The molecule has 2 fully saturated rings. The number of carbonyl (C=O) groups is 1. The van der Waals surface area contributed by atoms with Gasteiger partial charge in [0.15, 0.2) is 0 Å². The van der Waals surface area contributed by atoms with Crippen molar-refractivity contribution < 1.29 is 4.79 Å². The second-order valence-corrected chi connectivity index (χ2v) is 6.17. The summed E-state index contributed by atoms with van der Waals surface area (Å²) in [6.45, 7) is 1.56. The molecule has 0 saturated heterocycles. The number of nitrogens with zero attached hydrogens (tertiary/aromatic N) is 1. The van der Waals surface area contributed by atoms with Crippen LogP contribution in [0.4, 0.5) is 0 Å². The zero-order valence-electron chi connectivity index (χ0n) is 11.7. The molecule has 2 nitrogen and oxygen atoms in total. The highest BCUT2D eigenvalue weighted by Gasteiger charge is 2.30. The Hall–Kier alpha value is -0.660. The quantitative estimate of drug-likeness (QED) is 0.682. The molecule has 0 aliphatic heterocycles. The Labute approximate surface area is 111 Å². The van der Waals surface area contributed by atoms with Gasteiger partial charge in [0.05, 0.1) is 0 Å². The highest BCUT2D eigenvalue weighted by molar-refractivity contribution is 5.83. The topological polar surface area (TPSA) is 29.4 Å². The van der Waals surface area contributed by atoms with Crippen LogP contribution in [0.15, 0.2) is 4.99 Å². The zero-order valence-corrected chi connectivity index (χ0v) is 11.7. The second-order valence-electron chi connectivity index (χ2n) is 6.17. The van der Waals surface area contributed by atoms with Gasteiger partial charge in [-0.3, -0.25) is 4.79 Å². The summed E-state index contributed by atoms with van der Waals surface area (Å²) in [4.78, 5) is 15.2. The Balaban J connectivity index is 2.02. The van der Waals surface area contributed by atoms with Gasteiger partial charge in [0.2, 0.25) is 5.91 Å². The highest BCUT2D eigenvalue weighted by atomic mass is 16.1. The SMILES string of the molecule is CC(=O)N=CC(C1CCCCC1)C1CCCCC1. The van der Waals surface area contributed by atoms with Crippen molar-refractivity contribution in [2.75, 3.05) is 0 Å². The van der Waals surface area contributed by atoms with E-state index in [0.717, 1.165) is 11.8 Å². The molecule has 1 amide bonds. The van der Waals surface area contributed by atoms with Crippen molar-refractivity contribution >= 4 is 12.1 Å². The maximum Gasteiger partial charge on any atom is 0.242 e. The Morgan fingerprint density at radius 1 is 0.944 bits per heavy atom. The van der Waals surface area contributed by atoms with Crippen molar-refractivity contribution in [3.63, 3.8) is 0 Å². The molecule has 2 aliphatic carbocycles. The summed E-state index contributed by atoms with van der Waals surface area (Å²) in [6, 6.07) is 0. The Morgan fingerprint density at radius 2 is 1.39 bits per heavy atom. The lowest BCUT2D eigenvalue weighted by Crippen LogP contribution is -2.28. The van der Waals surface area contributed by atoms with Gasteiger partial charge in [0, 0.05) is 19.1 Å². The Kier molecular flexibility index (Phi) is 5.40. The smallest absolute Gasteiger partial charge is 0.242 e. The molecule has 2 saturated carbocycles. The third kappa shape index (κ3) is 3.93. The molecule has 102 valence electrons. The van der Waals surface area contributed by atoms with Crippen LogP contribution in [0, 0.1) is 17.8 Å². The van der Waals surface area contributed by atoms with Crippen LogP contribution in [0.25, 0.3) is 0 Å². The van der Waals surface area contributed by atoms with Gasteiger partial charge in [-0.15, -0.1) is 0 Å². The van der Waals surface area contributed by atoms with Gasteiger partial charge >= 0.3 is 0 Å². The van der Waals surface area contributed by atoms with E-state index in [1.54, 1.807) is 6.92 Å². The third-order valence-corrected chi connectivity index (χ3v) is 4.82. The molecule has 0 atom stereocenters. The first-order chi connectivity index (χ1) is 8.77. The summed E-state index contributed by atoms with van der Waals surface area (Å²) in [5.41, 5.74) is 0. The van der Waals surface area contributed by atoms with Crippen molar-refractivity contribution in [3.8, 4) is 0 Å². The predicted molar refractivity (Wildman–Crippen MR) is 75.8 cm³/mol. The van der Waals surface area contributed by atoms with E-state index in [9.17, 15) is 4.79 Å². The minimum atomic E-state index is -0.0355. The standard InChI is InChI=1S/C16H27NO/c1-13(18)17-12-16(14-8-4-2-5-9-14)15-10-6-3-7-11-15/h12,14-16H,2-11H2,1H3. The lowest BCUT2D eigenvalue weighted by Gasteiger charge is -2.35. The molecule has 0 heterocycles. The normalized spacial score (nSPS) is 23.9. The van der Waals surface area contributed by atoms with E-state index in [0.29, 0.717) is 5.92 Å². The maximum atomic E-state index is 11.1. The largest absolute Gasteiger partial charge is 0.273 e. The number of amides is 1. The Bertz CT molecular complexity index is 267. The van der Waals surface area contributed by atoms with Crippen LogP contribution >= 0.6 is 0 Å². The van der Waals surface area contributed by atoms with E-state index < -0.39 is 0 Å². The first-order valence-electron chi connectivity index (χ1n) is 7.82. The average molecular weight is 249 g/mol. The van der Waals surface area contributed by atoms with Crippen molar-refractivity contribution in [2.45, 2.75) is 71.1 Å². The van der Waals surface area contributed by atoms with Crippen molar-refractivity contribution in [2.24, 2.45) is 22.7 Å². The van der Waals surface area contributed by atoms with Crippen LogP contribution in [-0.2, 0) is 4.79 Å². The number of carbonyl (C=O) groups excluding carboxylic acids is 1. The minimum absolute atomic E-state index is 0.0355. The van der Waals surface area contributed by atoms with E-state index in [-0.39, 0.29) is 5.91 Å². The van der Waals surface area contributed by atoms with Crippen molar-refractivity contribution in [1.82, 2.24) is 0 Å². The fourth-order valence-corrected chi connectivity index (χ4v) is 3.86. The van der Waals surface area contributed by atoms with Gasteiger partial charge in [-0.05, 0) is 37.5 Å². The van der Waals surface area contributed by atoms with Gasteiger partial charge in [-0.2, -0.15) is 0 Å². The van der Waals surface area contributed by atoms with E-state index in [1.165, 1.54) is 64.2 Å². The van der Waals surface area contributed by atoms with Gasteiger partial charge in [-0.25, -0.2) is 4.99 Å². The predicted octanol–water partition coefficient (Wildman–Crippen LogP) is 4.38. The molecular formula is C16H27NO. The molecule has 2 heteroatoms. The monoisotopic (exact) mass is 249 g/mol. The number of aliphatic imine (C=N–C) groups is 1. The molecular weight excluding hydrogens is 222 g/mol. The molecule has 0 aromatic heterocycles. The zero-order chi connectivity index (χ0) is 12.8. The number of hydrogen-bond acceptors (Lipinski definition) is 1. The summed E-state index contributed by atoms with van der Waals surface area (Å²) >= 11 is 0. The van der Waals surface area contributed by atoms with Crippen LogP contribution in [0.5, 0.6) is 0 Å². The van der Waals surface area contributed by atoms with Crippen molar-refractivity contribution in [1.29, 1.82) is 0 Å². The van der Waals surface area contributed by atoms with Crippen LogP contribution < -0.4 is 0 Å². The van der Waals surface area contributed by atoms with E-state index in [4.69, 9.17) is 0 Å². The molecule has 0 aromatic rings. The average Bonchev–Trinajstić information content (AvgIpc) is 2.41. The summed E-state index contributed by atoms with van der Waals surface area (Å²) in [6.07, 6.45) is 15.7. The lowest BCUT2D eigenvalue weighted by atomic mass is 9.70. The number of hydrogen-bond donors (Lipinski definition) is 0. The molecule has 0 aromatic carbocycles. The van der Waals surface area contributed by atoms with Crippen LogP contribution in [0.1, 0.15) is 71.1 Å². The second kappa shape index (κ2) is 7.06. The van der Waals surface area contributed by atoms with Crippen molar-refractivity contribution in [3.05, 3.63) is 0 Å².